The summed E-state index contributed by atoms with van der Waals surface area (Å²) in [6.45, 7) is 15.3. The Bertz CT molecular complexity index is 784. The lowest BCUT2D eigenvalue weighted by molar-refractivity contribution is 0.311. The zero-order valence-corrected chi connectivity index (χ0v) is 18.8. The molecule has 0 bridgehead atoms. The van der Waals surface area contributed by atoms with Gasteiger partial charge in [0.1, 0.15) is 0 Å². The van der Waals surface area contributed by atoms with Gasteiger partial charge in [-0.1, -0.05) is 25.6 Å². The molecule has 2 aromatic rings. The Morgan fingerprint density at radius 3 is 1.89 bits per heavy atom. The minimum absolute atomic E-state index is 1.03. The fraction of sp³-hybridized carbons (Fsp3) is 0.478. The topological polar surface area (TPSA) is 21.8 Å². The fourth-order valence-electron chi connectivity index (χ4n) is 3.64. The van der Waals surface area contributed by atoms with E-state index in [4.69, 9.17) is 0 Å². The normalized spacial score (nSPS) is 12.4. The molecule has 1 aliphatic heterocycles. The third-order valence-corrected chi connectivity index (χ3v) is 6.75. The average Bonchev–Trinajstić information content (AvgIpc) is 2.73. The third-order valence-electron chi connectivity index (χ3n) is 5.64. The molecule has 0 atom stereocenters. The van der Waals surface area contributed by atoms with Gasteiger partial charge in [0.2, 0.25) is 0 Å². The average molecular weight is 399 g/mol. The van der Waals surface area contributed by atoms with Crippen molar-refractivity contribution in [3.8, 4) is 0 Å². The smallest absolute Gasteiger partial charge is 0.0527 e. The van der Waals surface area contributed by atoms with Crippen LogP contribution in [0.3, 0.4) is 0 Å². The number of nitrogens with zero attached hydrogens (tertiary/aromatic N) is 3. The lowest BCUT2D eigenvalue weighted by atomic mass is 10.2. The minimum atomic E-state index is 1.03. The van der Waals surface area contributed by atoms with E-state index in [-0.39, 0.29) is 0 Å². The van der Waals surface area contributed by atoms with Gasteiger partial charge in [0.25, 0.3) is 0 Å². The maximum atomic E-state index is 3.61. The number of benzene rings is 2. The van der Waals surface area contributed by atoms with Crippen LogP contribution in [0.15, 0.2) is 46.2 Å². The first-order chi connectivity index (χ1) is 13.6. The molecule has 0 radical (unpaired) electrons. The number of anilines is 4. The molecule has 0 amide bonds. The highest BCUT2D eigenvalue weighted by Crippen LogP contribution is 2.46. The summed E-state index contributed by atoms with van der Waals surface area (Å²) >= 11 is 1.87. The molecule has 4 nitrogen and oxygen atoms in total. The molecule has 0 saturated carbocycles. The monoisotopic (exact) mass is 398 g/mol. The van der Waals surface area contributed by atoms with Crippen LogP contribution in [-0.2, 0) is 0 Å². The molecule has 0 fully saturated rings. The summed E-state index contributed by atoms with van der Waals surface area (Å²) in [6, 6.07) is 13.5. The van der Waals surface area contributed by atoms with E-state index in [1.807, 2.05) is 11.8 Å². The Hall–Kier alpha value is -1.85. The first-order valence-corrected chi connectivity index (χ1v) is 11.3. The molecule has 28 heavy (non-hydrogen) atoms. The maximum Gasteiger partial charge on any atom is 0.0527 e. The quantitative estimate of drug-likeness (QED) is 0.511. The second-order valence-electron chi connectivity index (χ2n) is 7.21. The summed E-state index contributed by atoms with van der Waals surface area (Å²) < 4.78 is 0. The van der Waals surface area contributed by atoms with Crippen molar-refractivity contribution in [3.05, 3.63) is 36.4 Å². The second kappa shape index (κ2) is 9.57. The van der Waals surface area contributed by atoms with E-state index in [2.05, 4.69) is 91.2 Å². The Kier molecular flexibility index (Phi) is 7.13. The van der Waals surface area contributed by atoms with Crippen molar-refractivity contribution in [2.24, 2.45) is 0 Å². The summed E-state index contributed by atoms with van der Waals surface area (Å²) in [6.07, 6.45) is 0. The molecule has 2 aromatic carbocycles. The molecule has 1 heterocycles. The molecule has 1 N–H and O–H groups in total. The number of rotatable bonds is 9. The summed E-state index contributed by atoms with van der Waals surface area (Å²) in [5.41, 5.74) is 4.99. The van der Waals surface area contributed by atoms with Crippen LogP contribution in [-0.4, -0.2) is 51.2 Å². The number of fused-ring (bicyclic) bond motifs is 2. The van der Waals surface area contributed by atoms with Crippen molar-refractivity contribution in [2.75, 3.05) is 61.4 Å². The minimum Gasteiger partial charge on any atom is -0.373 e. The van der Waals surface area contributed by atoms with Gasteiger partial charge in [-0.25, -0.2) is 0 Å². The van der Waals surface area contributed by atoms with Crippen LogP contribution in [0.2, 0.25) is 0 Å². The third kappa shape index (κ3) is 4.58. The van der Waals surface area contributed by atoms with Gasteiger partial charge in [0.05, 0.1) is 11.4 Å². The molecule has 0 aliphatic carbocycles. The zero-order chi connectivity index (χ0) is 20.1. The van der Waals surface area contributed by atoms with Crippen LogP contribution < -0.4 is 15.1 Å². The van der Waals surface area contributed by atoms with E-state index in [9.17, 15) is 0 Å². The summed E-state index contributed by atoms with van der Waals surface area (Å²) in [7, 11) is 2.19. The highest BCUT2D eigenvalue weighted by atomic mass is 32.2. The van der Waals surface area contributed by atoms with E-state index in [0.29, 0.717) is 0 Å². The lowest BCUT2D eigenvalue weighted by Crippen LogP contribution is -2.33. The predicted molar refractivity (Wildman–Crippen MR) is 125 cm³/mol. The Balaban J connectivity index is 1.76. The van der Waals surface area contributed by atoms with Crippen molar-refractivity contribution in [2.45, 2.75) is 37.5 Å². The van der Waals surface area contributed by atoms with Crippen molar-refractivity contribution < 1.29 is 0 Å². The molecule has 0 aromatic heterocycles. The van der Waals surface area contributed by atoms with Gasteiger partial charge in [0, 0.05) is 54.4 Å². The number of hydrogen-bond acceptors (Lipinski definition) is 5. The van der Waals surface area contributed by atoms with Crippen LogP contribution in [0.4, 0.5) is 22.7 Å². The van der Waals surface area contributed by atoms with Crippen molar-refractivity contribution in [3.63, 3.8) is 0 Å². The van der Waals surface area contributed by atoms with Gasteiger partial charge in [0.15, 0.2) is 0 Å². The SMILES string of the molecule is CCN(CC)CCN(C)c1ccc2c(c1)Sc1cc(N(CC)CC)ccc1N2. The van der Waals surface area contributed by atoms with Crippen LogP contribution >= 0.6 is 11.8 Å². The maximum absolute atomic E-state index is 3.61. The van der Waals surface area contributed by atoms with Gasteiger partial charge in [-0.15, -0.1) is 0 Å². The molecular weight excluding hydrogens is 364 g/mol. The van der Waals surface area contributed by atoms with Crippen LogP contribution in [0.1, 0.15) is 27.7 Å². The molecule has 152 valence electrons. The largest absolute Gasteiger partial charge is 0.373 e. The molecule has 0 unspecified atom stereocenters. The molecule has 3 rings (SSSR count). The van der Waals surface area contributed by atoms with Crippen molar-refractivity contribution in [1.29, 1.82) is 0 Å². The van der Waals surface area contributed by atoms with Crippen LogP contribution in [0.5, 0.6) is 0 Å². The highest BCUT2D eigenvalue weighted by molar-refractivity contribution is 7.99. The van der Waals surface area contributed by atoms with Gasteiger partial charge < -0.3 is 20.0 Å². The first-order valence-electron chi connectivity index (χ1n) is 10.5. The molecule has 5 heteroatoms. The standard InChI is InChI=1S/C23H34N4S/c1-6-26(7-2)15-14-25(5)18-10-12-20-22(16-18)28-23-17-19(27(8-3)9-4)11-13-21(23)24-20/h10-13,16-17,24H,6-9,14-15H2,1-5H3. The Morgan fingerprint density at radius 1 is 0.750 bits per heavy atom. The van der Waals surface area contributed by atoms with E-state index < -0.39 is 0 Å². The van der Waals surface area contributed by atoms with Crippen LogP contribution in [0, 0.1) is 0 Å². The summed E-state index contributed by atoms with van der Waals surface area (Å²) in [5.74, 6) is 0. The van der Waals surface area contributed by atoms with E-state index in [1.165, 1.54) is 32.5 Å². The number of hydrogen-bond donors (Lipinski definition) is 1. The van der Waals surface area contributed by atoms with Crippen molar-refractivity contribution >= 4 is 34.5 Å². The molecule has 0 saturated heterocycles. The zero-order valence-electron chi connectivity index (χ0n) is 18.0. The predicted octanol–water partition coefficient (Wildman–Crippen LogP) is 5.52. The van der Waals surface area contributed by atoms with Gasteiger partial charge in [-0.05, 0) is 63.3 Å². The van der Waals surface area contributed by atoms with E-state index in [1.54, 1.807) is 0 Å². The fourth-order valence-corrected chi connectivity index (χ4v) is 4.70. The van der Waals surface area contributed by atoms with Crippen LogP contribution in [0.25, 0.3) is 0 Å². The Labute approximate surface area is 174 Å². The van der Waals surface area contributed by atoms with Gasteiger partial charge in [-0.2, -0.15) is 0 Å². The molecule has 1 aliphatic rings. The summed E-state index contributed by atoms with van der Waals surface area (Å²) in [5, 5.41) is 3.61. The van der Waals surface area contributed by atoms with E-state index >= 15 is 0 Å². The Morgan fingerprint density at radius 2 is 1.32 bits per heavy atom. The van der Waals surface area contributed by atoms with Crippen molar-refractivity contribution in [1.82, 2.24) is 4.90 Å². The van der Waals surface area contributed by atoms with Gasteiger partial charge in [-0.3, -0.25) is 0 Å². The number of likely N-dealkylation sites (N-methyl/N-ethyl adjacent to an activating group) is 2. The molecule has 0 spiro atoms. The second-order valence-corrected chi connectivity index (χ2v) is 8.29. The highest BCUT2D eigenvalue weighted by Gasteiger charge is 2.18. The lowest BCUT2D eigenvalue weighted by Gasteiger charge is -2.28. The van der Waals surface area contributed by atoms with E-state index in [0.717, 1.165) is 39.3 Å². The van der Waals surface area contributed by atoms with Gasteiger partial charge >= 0.3 is 0 Å². The molecular formula is C23H34N4S. The number of nitrogens with one attached hydrogen (secondary N) is 1. The first kappa shape index (κ1) is 20.9. The summed E-state index contributed by atoms with van der Waals surface area (Å²) in [4.78, 5) is 9.83.